The van der Waals surface area contributed by atoms with E-state index in [0.29, 0.717) is 5.92 Å². The third-order valence-corrected chi connectivity index (χ3v) is 4.86. The topological polar surface area (TPSA) is 21.3 Å². The summed E-state index contributed by atoms with van der Waals surface area (Å²) in [5.74, 6) is 3.33. The third kappa shape index (κ3) is 3.76. The molecule has 1 aliphatic rings. The van der Waals surface area contributed by atoms with Crippen molar-refractivity contribution in [1.82, 2.24) is 5.32 Å². The Labute approximate surface area is 123 Å². The van der Waals surface area contributed by atoms with Crippen LogP contribution >= 0.6 is 0 Å². The van der Waals surface area contributed by atoms with Gasteiger partial charge in [-0.2, -0.15) is 0 Å². The highest BCUT2D eigenvalue weighted by molar-refractivity contribution is 5.31. The van der Waals surface area contributed by atoms with Crippen LogP contribution in [0.4, 0.5) is 0 Å². The van der Waals surface area contributed by atoms with E-state index in [1.54, 1.807) is 7.11 Å². The Balaban J connectivity index is 2.16. The highest BCUT2D eigenvalue weighted by Gasteiger charge is 2.30. The highest BCUT2D eigenvalue weighted by Crippen LogP contribution is 2.42. The molecule has 0 aromatic heterocycles. The van der Waals surface area contributed by atoms with Gasteiger partial charge in [-0.15, -0.1) is 0 Å². The molecule has 2 heteroatoms. The number of methoxy groups -OCH3 is 1. The van der Waals surface area contributed by atoms with Gasteiger partial charge in [0.2, 0.25) is 0 Å². The molecule has 0 radical (unpaired) electrons. The SMILES string of the molecule is CCNCC1CCC(CC)CC1c1cccc(OC)c1. The second kappa shape index (κ2) is 7.68. The van der Waals surface area contributed by atoms with Gasteiger partial charge in [-0.25, -0.2) is 0 Å². The molecule has 0 saturated heterocycles. The molecular formula is C18H29NO. The lowest BCUT2D eigenvalue weighted by Gasteiger charge is -2.36. The maximum atomic E-state index is 5.40. The van der Waals surface area contributed by atoms with Crippen LogP contribution in [0.1, 0.15) is 51.0 Å². The van der Waals surface area contributed by atoms with Crippen LogP contribution in [0.5, 0.6) is 5.75 Å². The van der Waals surface area contributed by atoms with Gasteiger partial charge in [0.05, 0.1) is 7.11 Å². The average Bonchev–Trinajstić information content (AvgIpc) is 2.52. The van der Waals surface area contributed by atoms with Crippen molar-refractivity contribution in [1.29, 1.82) is 0 Å². The van der Waals surface area contributed by atoms with Crippen molar-refractivity contribution in [3.8, 4) is 5.75 Å². The largest absolute Gasteiger partial charge is 0.497 e. The number of nitrogens with one attached hydrogen (secondary N) is 1. The summed E-state index contributed by atoms with van der Waals surface area (Å²) in [5, 5.41) is 3.55. The highest BCUT2D eigenvalue weighted by atomic mass is 16.5. The minimum absolute atomic E-state index is 0.683. The third-order valence-electron chi connectivity index (χ3n) is 4.86. The molecule has 3 unspecified atom stereocenters. The summed E-state index contributed by atoms with van der Waals surface area (Å²) in [6.07, 6.45) is 5.40. The van der Waals surface area contributed by atoms with Gasteiger partial charge < -0.3 is 10.1 Å². The molecule has 0 spiro atoms. The fourth-order valence-corrected chi connectivity index (χ4v) is 3.55. The lowest BCUT2D eigenvalue weighted by atomic mass is 9.70. The standard InChI is InChI=1S/C18H29NO/c1-4-14-9-10-16(13-19-5-2)18(11-14)15-7-6-8-17(12-15)20-3/h6-8,12,14,16,18-19H,4-5,9-11,13H2,1-3H3. The van der Waals surface area contributed by atoms with Crippen LogP contribution in [-0.4, -0.2) is 20.2 Å². The molecular weight excluding hydrogens is 246 g/mol. The molecule has 1 N–H and O–H groups in total. The first-order valence-corrected chi connectivity index (χ1v) is 8.13. The van der Waals surface area contributed by atoms with Crippen LogP contribution in [0.25, 0.3) is 0 Å². The van der Waals surface area contributed by atoms with E-state index in [0.717, 1.165) is 30.7 Å². The zero-order valence-corrected chi connectivity index (χ0v) is 13.2. The number of hydrogen-bond acceptors (Lipinski definition) is 2. The van der Waals surface area contributed by atoms with E-state index in [1.165, 1.54) is 31.2 Å². The molecule has 20 heavy (non-hydrogen) atoms. The smallest absolute Gasteiger partial charge is 0.119 e. The van der Waals surface area contributed by atoms with E-state index in [9.17, 15) is 0 Å². The maximum Gasteiger partial charge on any atom is 0.119 e. The first kappa shape index (κ1) is 15.4. The Morgan fingerprint density at radius 2 is 2.10 bits per heavy atom. The number of hydrogen-bond donors (Lipinski definition) is 1. The second-order valence-electron chi connectivity index (χ2n) is 6.04. The quantitative estimate of drug-likeness (QED) is 0.839. The Morgan fingerprint density at radius 3 is 2.80 bits per heavy atom. The van der Waals surface area contributed by atoms with Gasteiger partial charge in [-0.1, -0.05) is 38.8 Å². The van der Waals surface area contributed by atoms with Gasteiger partial charge in [0, 0.05) is 0 Å². The minimum atomic E-state index is 0.683. The molecule has 0 bridgehead atoms. The average molecular weight is 275 g/mol. The first-order chi connectivity index (χ1) is 9.78. The Kier molecular flexibility index (Phi) is 5.90. The zero-order valence-electron chi connectivity index (χ0n) is 13.2. The van der Waals surface area contributed by atoms with Crippen molar-refractivity contribution < 1.29 is 4.74 Å². The van der Waals surface area contributed by atoms with Gasteiger partial charge in [0.1, 0.15) is 5.75 Å². The summed E-state index contributed by atoms with van der Waals surface area (Å²) in [5.41, 5.74) is 1.46. The fourth-order valence-electron chi connectivity index (χ4n) is 3.55. The van der Waals surface area contributed by atoms with E-state index in [1.807, 2.05) is 6.07 Å². The molecule has 1 aromatic rings. The molecule has 1 fully saturated rings. The molecule has 112 valence electrons. The van der Waals surface area contributed by atoms with Crippen LogP contribution in [0, 0.1) is 11.8 Å². The van der Waals surface area contributed by atoms with E-state index in [-0.39, 0.29) is 0 Å². The molecule has 2 nitrogen and oxygen atoms in total. The van der Waals surface area contributed by atoms with Crippen LogP contribution in [0.2, 0.25) is 0 Å². The summed E-state index contributed by atoms with van der Waals surface area (Å²) < 4.78 is 5.40. The summed E-state index contributed by atoms with van der Waals surface area (Å²) in [6.45, 7) is 6.74. The van der Waals surface area contributed by atoms with Gasteiger partial charge in [-0.05, 0) is 61.4 Å². The summed E-state index contributed by atoms with van der Waals surface area (Å²) in [6, 6.07) is 8.70. The van der Waals surface area contributed by atoms with Crippen molar-refractivity contribution in [2.75, 3.05) is 20.2 Å². The number of benzene rings is 1. The summed E-state index contributed by atoms with van der Waals surface area (Å²) >= 11 is 0. The molecule has 2 rings (SSSR count). The van der Waals surface area contributed by atoms with Gasteiger partial charge in [0.25, 0.3) is 0 Å². The van der Waals surface area contributed by atoms with E-state index in [2.05, 4.69) is 37.4 Å². The number of rotatable bonds is 6. The molecule has 0 aliphatic heterocycles. The molecule has 3 atom stereocenters. The monoisotopic (exact) mass is 275 g/mol. The fraction of sp³-hybridized carbons (Fsp3) is 0.667. The molecule has 1 saturated carbocycles. The number of ether oxygens (including phenoxy) is 1. The van der Waals surface area contributed by atoms with Crippen LogP contribution in [-0.2, 0) is 0 Å². The predicted molar refractivity (Wildman–Crippen MR) is 85.4 cm³/mol. The van der Waals surface area contributed by atoms with Gasteiger partial charge in [-0.3, -0.25) is 0 Å². The minimum Gasteiger partial charge on any atom is -0.497 e. The summed E-state index contributed by atoms with van der Waals surface area (Å²) in [7, 11) is 1.75. The molecule has 0 amide bonds. The first-order valence-electron chi connectivity index (χ1n) is 8.13. The van der Waals surface area contributed by atoms with E-state index in [4.69, 9.17) is 4.74 Å². The Morgan fingerprint density at radius 1 is 1.25 bits per heavy atom. The molecule has 1 aliphatic carbocycles. The van der Waals surface area contributed by atoms with Crippen LogP contribution < -0.4 is 10.1 Å². The second-order valence-corrected chi connectivity index (χ2v) is 6.04. The van der Waals surface area contributed by atoms with Gasteiger partial charge >= 0.3 is 0 Å². The van der Waals surface area contributed by atoms with Crippen molar-refractivity contribution in [2.45, 2.75) is 45.4 Å². The maximum absolute atomic E-state index is 5.40. The zero-order chi connectivity index (χ0) is 14.4. The normalized spacial score (nSPS) is 26.4. The molecule has 1 aromatic carbocycles. The summed E-state index contributed by atoms with van der Waals surface area (Å²) in [4.78, 5) is 0. The van der Waals surface area contributed by atoms with Gasteiger partial charge in [0.15, 0.2) is 0 Å². The van der Waals surface area contributed by atoms with Crippen LogP contribution in [0.3, 0.4) is 0 Å². The van der Waals surface area contributed by atoms with Crippen molar-refractivity contribution >= 4 is 0 Å². The Bertz CT molecular complexity index is 404. The Hall–Kier alpha value is -1.02. The van der Waals surface area contributed by atoms with E-state index >= 15 is 0 Å². The van der Waals surface area contributed by atoms with E-state index < -0.39 is 0 Å². The lowest BCUT2D eigenvalue weighted by molar-refractivity contribution is 0.226. The molecule has 0 heterocycles. The van der Waals surface area contributed by atoms with Crippen molar-refractivity contribution in [3.63, 3.8) is 0 Å². The lowest BCUT2D eigenvalue weighted by Crippen LogP contribution is -2.32. The van der Waals surface area contributed by atoms with Crippen molar-refractivity contribution in [3.05, 3.63) is 29.8 Å². The predicted octanol–water partition coefficient (Wildman–Crippen LogP) is 4.21. The van der Waals surface area contributed by atoms with Crippen LogP contribution in [0.15, 0.2) is 24.3 Å². The van der Waals surface area contributed by atoms with Crippen molar-refractivity contribution in [2.24, 2.45) is 11.8 Å².